The number of aliphatic hydroxyl groups excluding tert-OH is 1. The fourth-order valence-corrected chi connectivity index (χ4v) is 3.63. The molecule has 3 heterocycles. The van der Waals surface area contributed by atoms with Crippen molar-refractivity contribution in [3.63, 3.8) is 0 Å². The molecule has 1 saturated heterocycles. The van der Waals surface area contributed by atoms with Crippen LogP contribution in [0.25, 0.3) is 0 Å². The molecular weight excluding hydrogens is 406 g/mol. The van der Waals surface area contributed by atoms with E-state index >= 15 is 0 Å². The molecule has 2 aliphatic heterocycles. The highest BCUT2D eigenvalue weighted by Gasteiger charge is 2.33. The maximum Gasteiger partial charge on any atom is 0.339 e. The largest absolute Gasteiger partial charge is 0.490 e. The number of fused-ring (bicyclic) bond motifs is 1. The highest BCUT2D eigenvalue weighted by atomic mass is 16.5. The van der Waals surface area contributed by atoms with Gasteiger partial charge in [-0.25, -0.2) is 4.79 Å². The molecule has 0 bridgehead atoms. The van der Waals surface area contributed by atoms with Crippen LogP contribution in [0.5, 0.6) is 11.5 Å². The second kappa shape index (κ2) is 8.26. The topological polar surface area (TPSA) is 140 Å². The number of primary amides is 1. The quantitative estimate of drug-likeness (QED) is 0.693. The summed E-state index contributed by atoms with van der Waals surface area (Å²) >= 11 is 0. The van der Waals surface area contributed by atoms with Crippen LogP contribution < -0.4 is 20.1 Å². The van der Waals surface area contributed by atoms with Crippen LogP contribution in [0.3, 0.4) is 0 Å². The number of likely N-dealkylation sites (tertiary alicyclic amines) is 1. The molecule has 1 fully saturated rings. The Bertz CT molecular complexity index is 1020. The summed E-state index contributed by atoms with van der Waals surface area (Å²) in [6.07, 6.45) is 1.47. The molecule has 0 aliphatic carbocycles. The molecule has 2 aliphatic rings. The summed E-state index contributed by atoms with van der Waals surface area (Å²) in [6.45, 7) is 0.690. The van der Waals surface area contributed by atoms with E-state index in [9.17, 15) is 19.5 Å². The molecule has 3 amide bonds. The summed E-state index contributed by atoms with van der Waals surface area (Å²) in [5.74, 6) is -0.309. The monoisotopic (exact) mass is 429 g/mol. The fourth-order valence-electron chi connectivity index (χ4n) is 3.63. The third-order valence-electron chi connectivity index (χ3n) is 5.40. The smallest absolute Gasteiger partial charge is 0.339 e. The number of amides is 3. The van der Waals surface area contributed by atoms with E-state index in [0.29, 0.717) is 42.4 Å². The third kappa shape index (κ3) is 4.17. The molecule has 0 radical (unpaired) electrons. The first-order valence-electron chi connectivity index (χ1n) is 9.82. The molecule has 31 heavy (non-hydrogen) atoms. The van der Waals surface area contributed by atoms with E-state index in [-0.39, 0.29) is 25.0 Å². The molecule has 11 heteroatoms. The lowest BCUT2D eigenvalue weighted by Gasteiger charge is -2.20. The molecule has 0 unspecified atom stereocenters. The number of hydrogen-bond donors (Lipinski definition) is 2. The first-order valence-corrected chi connectivity index (χ1v) is 9.82. The second-order valence-electron chi connectivity index (χ2n) is 7.48. The Hall–Kier alpha value is -3.60. The molecule has 2 aromatic rings. The highest BCUT2D eigenvalue weighted by Crippen LogP contribution is 2.36. The number of carbonyl (C=O) groups is 3. The van der Waals surface area contributed by atoms with Gasteiger partial charge in [0.1, 0.15) is 24.0 Å². The molecular formula is C20H23N5O6. The minimum atomic E-state index is -0.746. The van der Waals surface area contributed by atoms with Gasteiger partial charge in [-0.3, -0.25) is 9.59 Å². The van der Waals surface area contributed by atoms with Gasteiger partial charge < -0.3 is 30.1 Å². The van der Waals surface area contributed by atoms with E-state index in [1.165, 1.54) is 11.1 Å². The molecule has 0 saturated carbocycles. The van der Waals surface area contributed by atoms with Gasteiger partial charge in [0.25, 0.3) is 5.91 Å². The van der Waals surface area contributed by atoms with Crippen molar-refractivity contribution in [3.8, 4) is 11.5 Å². The molecule has 4 rings (SSSR count). The number of aliphatic hydroxyl groups is 1. The van der Waals surface area contributed by atoms with Gasteiger partial charge in [0.15, 0.2) is 6.61 Å². The number of nitrogens with two attached hydrogens (primary N) is 1. The van der Waals surface area contributed by atoms with E-state index in [1.54, 1.807) is 36.2 Å². The van der Waals surface area contributed by atoms with Crippen molar-refractivity contribution >= 4 is 23.5 Å². The van der Waals surface area contributed by atoms with Crippen LogP contribution in [0.2, 0.25) is 0 Å². The number of likely N-dealkylation sites (N-methyl/N-ethyl adjacent to an activating group) is 1. The van der Waals surface area contributed by atoms with Crippen LogP contribution in [0.15, 0.2) is 30.5 Å². The second-order valence-corrected chi connectivity index (χ2v) is 7.48. The van der Waals surface area contributed by atoms with Crippen LogP contribution in [0.4, 0.5) is 10.5 Å². The van der Waals surface area contributed by atoms with E-state index in [4.69, 9.17) is 15.2 Å². The maximum absolute atomic E-state index is 13.0. The Morgan fingerprint density at radius 2 is 2.16 bits per heavy atom. The van der Waals surface area contributed by atoms with Crippen molar-refractivity contribution in [2.75, 3.05) is 38.3 Å². The number of aromatic nitrogens is 2. The first-order chi connectivity index (χ1) is 14.8. The average Bonchev–Trinajstić information content (AvgIpc) is 3.39. The van der Waals surface area contributed by atoms with Gasteiger partial charge >= 0.3 is 6.03 Å². The molecule has 164 valence electrons. The zero-order valence-corrected chi connectivity index (χ0v) is 16.9. The Balaban J connectivity index is 1.47. The number of ether oxygens (including phenoxy) is 2. The van der Waals surface area contributed by atoms with Crippen LogP contribution in [-0.4, -0.2) is 77.1 Å². The van der Waals surface area contributed by atoms with Crippen LogP contribution >= 0.6 is 0 Å². The maximum atomic E-state index is 13.0. The van der Waals surface area contributed by atoms with E-state index < -0.39 is 18.1 Å². The van der Waals surface area contributed by atoms with Crippen LogP contribution in [-0.2, 0) is 9.59 Å². The van der Waals surface area contributed by atoms with E-state index in [2.05, 4.69) is 5.10 Å². The average molecular weight is 429 g/mol. The summed E-state index contributed by atoms with van der Waals surface area (Å²) in [5, 5.41) is 13.6. The van der Waals surface area contributed by atoms with Crippen molar-refractivity contribution in [1.82, 2.24) is 14.7 Å². The lowest BCUT2D eigenvalue weighted by Crippen LogP contribution is -2.33. The van der Waals surface area contributed by atoms with Gasteiger partial charge in [0.2, 0.25) is 5.91 Å². The van der Waals surface area contributed by atoms with Gasteiger partial charge in [-0.05, 0) is 24.6 Å². The van der Waals surface area contributed by atoms with Crippen molar-refractivity contribution < 1.29 is 29.0 Å². The third-order valence-corrected chi connectivity index (χ3v) is 5.40. The molecule has 11 nitrogen and oxygen atoms in total. The number of rotatable bonds is 4. The Kier molecular flexibility index (Phi) is 5.51. The van der Waals surface area contributed by atoms with Gasteiger partial charge in [-0.2, -0.15) is 9.78 Å². The van der Waals surface area contributed by atoms with Crippen molar-refractivity contribution in [1.29, 1.82) is 0 Å². The predicted octanol–water partition coefficient (Wildman–Crippen LogP) is -0.0791. The molecule has 3 N–H and O–H groups in total. The standard InChI is InChI=1S/C20H23N5O6/c1-23-16-8-13(30-11-18(27)24-6-4-12(26)9-24)2-3-17(16)31-10-14(19(23)28)15-5-7-25(22-15)20(21)29/h2-3,5,7-8,12,14,26H,4,6,9-11H2,1H3,(H2,21,29)/t12-,14+/m0/s1. The van der Waals surface area contributed by atoms with Crippen molar-refractivity contribution in [2.24, 2.45) is 5.73 Å². The molecule has 1 aromatic carbocycles. The Morgan fingerprint density at radius 1 is 1.35 bits per heavy atom. The zero-order valence-electron chi connectivity index (χ0n) is 16.9. The lowest BCUT2D eigenvalue weighted by molar-refractivity contribution is -0.132. The Morgan fingerprint density at radius 3 is 2.84 bits per heavy atom. The first kappa shape index (κ1) is 20.7. The SMILES string of the molecule is CN1C(=O)[C@@H](c2ccn(C(N)=O)n2)COc2ccc(OCC(=O)N3CC[C@H](O)C3)cc21. The highest BCUT2D eigenvalue weighted by molar-refractivity contribution is 5.99. The minimum absolute atomic E-state index is 0.0436. The van der Waals surface area contributed by atoms with Gasteiger partial charge in [0.05, 0.1) is 17.5 Å². The lowest BCUT2D eigenvalue weighted by atomic mass is 10.1. The summed E-state index contributed by atoms with van der Waals surface area (Å²) in [7, 11) is 1.61. The number of β-amino-alcohol motifs (C(OH)–C–C–N with tert-alkyl or cyclic N) is 1. The van der Waals surface area contributed by atoms with Gasteiger partial charge in [-0.1, -0.05) is 0 Å². The normalized spacial score (nSPS) is 20.8. The van der Waals surface area contributed by atoms with Crippen molar-refractivity contribution in [3.05, 3.63) is 36.2 Å². The van der Waals surface area contributed by atoms with Crippen LogP contribution in [0, 0.1) is 0 Å². The van der Waals surface area contributed by atoms with Gasteiger partial charge in [-0.15, -0.1) is 0 Å². The van der Waals surface area contributed by atoms with E-state index in [0.717, 1.165) is 4.68 Å². The summed E-state index contributed by atoms with van der Waals surface area (Å²) in [6, 6.07) is 5.76. The van der Waals surface area contributed by atoms with Crippen molar-refractivity contribution in [2.45, 2.75) is 18.4 Å². The molecule has 0 spiro atoms. The molecule has 2 atom stereocenters. The number of benzene rings is 1. The number of anilines is 1. The van der Waals surface area contributed by atoms with Crippen LogP contribution in [0.1, 0.15) is 18.0 Å². The summed E-state index contributed by atoms with van der Waals surface area (Å²) < 4.78 is 12.4. The summed E-state index contributed by atoms with van der Waals surface area (Å²) in [5.41, 5.74) is 6.08. The number of nitrogens with zero attached hydrogens (tertiary/aromatic N) is 4. The number of hydrogen-bond acceptors (Lipinski definition) is 7. The predicted molar refractivity (Wildman–Crippen MR) is 108 cm³/mol. The minimum Gasteiger partial charge on any atom is -0.490 e. The molecule has 1 aromatic heterocycles. The fraction of sp³-hybridized carbons (Fsp3) is 0.400. The summed E-state index contributed by atoms with van der Waals surface area (Å²) in [4.78, 5) is 39.5. The number of carbonyl (C=O) groups excluding carboxylic acids is 3. The van der Waals surface area contributed by atoms with E-state index in [1.807, 2.05) is 0 Å². The van der Waals surface area contributed by atoms with Gasteiger partial charge in [0, 0.05) is 32.4 Å². The Labute approximate surface area is 177 Å². The zero-order chi connectivity index (χ0) is 22.1.